The smallest absolute Gasteiger partial charge is 0.200 e. The quantitative estimate of drug-likeness (QED) is 0.680. The second kappa shape index (κ2) is 4.30. The van der Waals surface area contributed by atoms with Gasteiger partial charge >= 0.3 is 0 Å². The van der Waals surface area contributed by atoms with Gasteiger partial charge in [-0.3, -0.25) is 0 Å². The first-order valence-electron chi connectivity index (χ1n) is 5.64. The van der Waals surface area contributed by atoms with Crippen molar-refractivity contribution in [2.75, 3.05) is 18.9 Å². The highest BCUT2D eigenvalue weighted by molar-refractivity contribution is 7.71. The first-order valence-corrected chi connectivity index (χ1v) is 6.04. The summed E-state index contributed by atoms with van der Waals surface area (Å²) < 4.78 is 7.79. The van der Waals surface area contributed by atoms with Crippen LogP contribution in [0.5, 0.6) is 0 Å². The van der Waals surface area contributed by atoms with E-state index in [0.29, 0.717) is 16.8 Å². The van der Waals surface area contributed by atoms with Crippen molar-refractivity contribution in [2.24, 2.45) is 0 Å². The summed E-state index contributed by atoms with van der Waals surface area (Å²) in [6, 6.07) is 0.125. The second-order valence-corrected chi connectivity index (χ2v) is 4.69. The Bertz CT molecular complexity index is 637. The SMILES string of the molecule is Nc1nc(=S)c2ncn([C@H]3CO[C@@H](CO)C3)c2[nH]1. The number of nitrogens with one attached hydrogen (secondary N) is 1. The normalized spacial score (nSPS) is 23.8. The van der Waals surface area contributed by atoms with E-state index in [9.17, 15) is 0 Å². The molecule has 7 nitrogen and oxygen atoms in total. The van der Waals surface area contributed by atoms with Crippen LogP contribution in [0, 0.1) is 4.64 Å². The third-order valence-corrected chi connectivity index (χ3v) is 3.41. The van der Waals surface area contributed by atoms with E-state index in [1.807, 2.05) is 4.57 Å². The summed E-state index contributed by atoms with van der Waals surface area (Å²) in [4.78, 5) is 11.2. The van der Waals surface area contributed by atoms with E-state index in [4.69, 9.17) is 27.8 Å². The summed E-state index contributed by atoms with van der Waals surface area (Å²) in [6.07, 6.45) is 2.33. The number of fused-ring (bicyclic) bond motifs is 1. The number of aliphatic hydroxyl groups excluding tert-OH is 1. The zero-order valence-corrected chi connectivity index (χ0v) is 10.4. The molecule has 1 aliphatic heterocycles. The van der Waals surface area contributed by atoms with Gasteiger partial charge in [0.05, 0.1) is 31.7 Å². The number of ether oxygens (including phenoxy) is 1. The predicted molar refractivity (Wildman–Crippen MR) is 67.6 cm³/mol. The number of nitrogens with two attached hydrogens (primary N) is 1. The molecule has 8 heteroatoms. The van der Waals surface area contributed by atoms with E-state index in [0.717, 1.165) is 12.1 Å². The Morgan fingerprint density at radius 1 is 1.67 bits per heavy atom. The molecule has 0 aromatic carbocycles. The Labute approximate surface area is 108 Å². The number of imidazole rings is 1. The molecule has 0 spiro atoms. The molecule has 3 rings (SSSR count). The third kappa shape index (κ3) is 1.78. The van der Waals surface area contributed by atoms with E-state index < -0.39 is 0 Å². The summed E-state index contributed by atoms with van der Waals surface area (Å²) in [5.41, 5.74) is 7.04. The van der Waals surface area contributed by atoms with Crippen LogP contribution in [-0.4, -0.2) is 43.9 Å². The van der Waals surface area contributed by atoms with E-state index in [1.165, 1.54) is 0 Å². The number of nitrogens with zero attached hydrogens (tertiary/aromatic N) is 3. The van der Waals surface area contributed by atoms with Gasteiger partial charge in [0.2, 0.25) is 0 Å². The first-order chi connectivity index (χ1) is 8.69. The molecule has 2 aromatic heterocycles. The number of anilines is 1. The van der Waals surface area contributed by atoms with Gasteiger partial charge in [-0.1, -0.05) is 12.2 Å². The van der Waals surface area contributed by atoms with Gasteiger partial charge in [0.1, 0.15) is 11.2 Å². The van der Waals surface area contributed by atoms with Crippen molar-refractivity contribution >= 4 is 29.3 Å². The maximum Gasteiger partial charge on any atom is 0.200 e. The van der Waals surface area contributed by atoms with Crippen LogP contribution in [0.1, 0.15) is 12.5 Å². The monoisotopic (exact) mass is 267 g/mol. The molecule has 2 atom stereocenters. The predicted octanol–water partition coefficient (Wildman–Crippen LogP) is 0.393. The molecule has 1 aliphatic rings. The highest BCUT2D eigenvalue weighted by atomic mass is 32.1. The molecule has 0 unspecified atom stereocenters. The fourth-order valence-corrected chi connectivity index (χ4v) is 2.49. The number of hydrogen-bond acceptors (Lipinski definition) is 6. The van der Waals surface area contributed by atoms with Gasteiger partial charge in [-0.15, -0.1) is 0 Å². The average Bonchev–Trinajstić information content (AvgIpc) is 2.93. The minimum Gasteiger partial charge on any atom is -0.394 e. The van der Waals surface area contributed by atoms with Crippen molar-refractivity contribution in [1.29, 1.82) is 0 Å². The molecule has 0 radical (unpaired) electrons. The van der Waals surface area contributed by atoms with Crippen molar-refractivity contribution in [3.63, 3.8) is 0 Å². The minimum absolute atomic E-state index is 0.0306. The lowest BCUT2D eigenvalue weighted by Gasteiger charge is -2.10. The Hall–Kier alpha value is -1.51. The summed E-state index contributed by atoms with van der Waals surface area (Å²) in [5.74, 6) is 0.270. The highest BCUT2D eigenvalue weighted by Crippen LogP contribution is 2.27. The zero-order valence-electron chi connectivity index (χ0n) is 9.54. The number of aromatic amines is 1. The van der Waals surface area contributed by atoms with E-state index in [-0.39, 0.29) is 24.7 Å². The van der Waals surface area contributed by atoms with Crippen molar-refractivity contribution in [3.8, 4) is 0 Å². The van der Waals surface area contributed by atoms with Crippen LogP contribution in [0.4, 0.5) is 5.95 Å². The summed E-state index contributed by atoms with van der Waals surface area (Å²) in [5, 5.41) is 9.08. The third-order valence-electron chi connectivity index (χ3n) is 3.12. The molecule has 3 heterocycles. The molecule has 2 aromatic rings. The van der Waals surface area contributed by atoms with E-state index in [1.54, 1.807) is 6.33 Å². The van der Waals surface area contributed by atoms with Gasteiger partial charge in [0, 0.05) is 0 Å². The van der Waals surface area contributed by atoms with E-state index >= 15 is 0 Å². The number of aliphatic hydroxyl groups is 1. The van der Waals surface area contributed by atoms with Crippen LogP contribution < -0.4 is 5.73 Å². The van der Waals surface area contributed by atoms with Crippen LogP contribution >= 0.6 is 12.2 Å². The van der Waals surface area contributed by atoms with Crippen LogP contribution in [0.15, 0.2) is 6.33 Å². The molecule has 4 N–H and O–H groups in total. The summed E-state index contributed by atoms with van der Waals surface area (Å²) in [6.45, 7) is 0.572. The van der Waals surface area contributed by atoms with Crippen molar-refractivity contribution in [1.82, 2.24) is 19.5 Å². The van der Waals surface area contributed by atoms with Gasteiger partial charge in [0.15, 0.2) is 10.6 Å². The van der Waals surface area contributed by atoms with Crippen LogP contribution in [0.25, 0.3) is 11.2 Å². The number of aromatic nitrogens is 4. The maximum absolute atomic E-state index is 9.08. The lowest BCUT2D eigenvalue weighted by atomic mass is 10.2. The molecule has 1 fully saturated rings. The molecular weight excluding hydrogens is 254 g/mol. The first kappa shape index (κ1) is 11.6. The van der Waals surface area contributed by atoms with Crippen molar-refractivity contribution < 1.29 is 9.84 Å². The molecule has 0 amide bonds. The number of hydrogen-bond donors (Lipinski definition) is 3. The maximum atomic E-state index is 9.08. The van der Waals surface area contributed by atoms with Gasteiger partial charge in [-0.25, -0.2) is 9.97 Å². The van der Waals surface area contributed by atoms with Gasteiger partial charge in [0.25, 0.3) is 0 Å². The van der Waals surface area contributed by atoms with Crippen LogP contribution in [0.3, 0.4) is 0 Å². The number of nitrogen functional groups attached to an aromatic ring is 1. The molecule has 0 aliphatic carbocycles. The topological polar surface area (TPSA) is 102 Å². The molecule has 1 saturated heterocycles. The fraction of sp³-hybridized carbons (Fsp3) is 0.500. The van der Waals surface area contributed by atoms with Gasteiger partial charge in [-0.05, 0) is 6.42 Å². The van der Waals surface area contributed by atoms with Gasteiger partial charge in [-0.2, -0.15) is 0 Å². The molecule has 0 bridgehead atoms. The van der Waals surface area contributed by atoms with Crippen molar-refractivity contribution in [2.45, 2.75) is 18.6 Å². The Morgan fingerprint density at radius 2 is 2.50 bits per heavy atom. The average molecular weight is 267 g/mol. The van der Waals surface area contributed by atoms with Crippen LogP contribution in [-0.2, 0) is 4.74 Å². The second-order valence-electron chi connectivity index (χ2n) is 4.30. The molecular formula is C10H13N5O2S. The Kier molecular flexibility index (Phi) is 2.77. The van der Waals surface area contributed by atoms with Gasteiger partial charge < -0.3 is 25.1 Å². The molecule has 0 saturated carbocycles. The zero-order chi connectivity index (χ0) is 12.7. The Balaban J connectivity index is 2.05. The summed E-state index contributed by atoms with van der Waals surface area (Å²) in [7, 11) is 0. The molecule has 18 heavy (non-hydrogen) atoms. The van der Waals surface area contributed by atoms with Crippen molar-refractivity contribution in [3.05, 3.63) is 11.0 Å². The van der Waals surface area contributed by atoms with Crippen LogP contribution in [0.2, 0.25) is 0 Å². The van der Waals surface area contributed by atoms with E-state index in [2.05, 4.69) is 15.0 Å². The fourth-order valence-electron chi connectivity index (χ4n) is 2.24. The number of rotatable bonds is 2. The lowest BCUT2D eigenvalue weighted by molar-refractivity contribution is 0.0576. The summed E-state index contributed by atoms with van der Waals surface area (Å²) >= 11 is 5.12. The number of H-pyrrole nitrogens is 1. The standard InChI is InChI=1S/C10H13N5O2S/c11-10-13-8-7(9(18)14-10)12-4-15(8)5-1-6(2-16)17-3-5/h4-6,16H,1-3H2,(H3,11,13,14,18)/t5-,6-/m1/s1. The minimum atomic E-state index is -0.116. The highest BCUT2D eigenvalue weighted by Gasteiger charge is 2.27. The largest absolute Gasteiger partial charge is 0.394 e. The lowest BCUT2D eigenvalue weighted by Crippen LogP contribution is -2.11. The Morgan fingerprint density at radius 3 is 3.22 bits per heavy atom. The molecule has 96 valence electrons.